The Morgan fingerprint density at radius 2 is 1.82 bits per heavy atom. The molecule has 1 aromatic carbocycles. The Kier molecular flexibility index (Phi) is 5.41. The van der Waals surface area contributed by atoms with Gasteiger partial charge in [-0.3, -0.25) is 9.59 Å². The Bertz CT molecular complexity index is 1590. The standard InChI is InChI=1S/C22H26N8O3Si/c1-27-20-17(19-21(27)26-30(13-31)25-19)11-23-28(22(20)32)12-15-6-5-7-18-16(15)10-24-29(18)14-33-8-9-34(2,3)4/h5-7,10-11,13H,8-9,12,14H2,1-4H3. The van der Waals surface area contributed by atoms with Gasteiger partial charge < -0.3 is 9.30 Å². The molecule has 0 aliphatic carbocycles. The van der Waals surface area contributed by atoms with Crippen LogP contribution in [-0.4, -0.2) is 60.2 Å². The third-order valence-electron chi connectivity index (χ3n) is 5.94. The first-order chi connectivity index (χ1) is 16.3. The van der Waals surface area contributed by atoms with Crippen LogP contribution in [0.15, 0.2) is 35.4 Å². The van der Waals surface area contributed by atoms with E-state index in [1.807, 2.05) is 22.9 Å². The van der Waals surface area contributed by atoms with Crippen molar-refractivity contribution in [2.24, 2.45) is 7.05 Å². The van der Waals surface area contributed by atoms with Gasteiger partial charge in [0.05, 0.1) is 29.8 Å². The van der Waals surface area contributed by atoms with Crippen LogP contribution < -0.4 is 5.56 Å². The van der Waals surface area contributed by atoms with E-state index in [1.54, 1.807) is 24.0 Å². The molecule has 0 atom stereocenters. The normalized spacial score (nSPS) is 12.4. The molecule has 5 rings (SSSR count). The molecular formula is C22H26N8O3Si. The molecule has 0 N–H and O–H groups in total. The van der Waals surface area contributed by atoms with Gasteiger partial charge in [0, 0.05) is 27.1 Å². The monoisotopic (exact) mass is 478 g/mol. The van der Waals surface area contributed by atoms with E-state index in [9.17, 15) is 9.59 Å². The average molecular weight is 479 g/mol. The molecule has 0 fully saturated rings. The number of nitrogens with zero attached hydrogens (tertiary/aromatic N) is 8. The Morgan fingerprint density at radius 1 is 1.06 bits per heavy atom. The summed E-state index contributed by atoms with van der Waals surface area (Å²) in [6.07, 6.45) is 3.91. The molecule has 0 radical (unpaired) electrons. The fourth-order valence-corrected chi connectivity index (χ4v) is 4.81. The van der Waals surface area contributed by atoms with E-state index in [0.29, 0.717) is 41.8 Å². The molecule has 0 amide bonds. The van der Waals surface area contributed by atoms with Crippen LogP contribution in [0.4, 0.5) is 0 Å². The van der Waals surface area contributed by atoms with Crippen LogP contribution in [0.1, 0.15) is 5.56 Å². The minimum Gasteiger partial charge on any atom is -0.360 e. The number of hydrogen-bond donors (Lipinski definition) is 0. The first-order valence-electron chi connectivity index (χ1n) is 11.0. The van der Waals surface area contributed by atoms with Crippen molar-refractivity contribution in [2.75, 3.05) is 6.61 Å². The van der Waals surface area contributed by atoms with Crippen LogP contribution in [-0.2, 0) is 29.9 Å². The Balaban J connectivity index is 1.45. The number of ether oxygens (including phenoxy) is 1. The highest BCUT2D eigenvalue weighted by Crippen LogP contribution is 2.23. The van der Waals surface area contributed by atoms with Gasteiger partial charge in [-0.2, -0.15) is 10.2 Å². The van der Waals surface area contributed by atoms with E-state index >= 15 is 0 Å². The molecule has 0 spiro atoms. The summed E-state index contributed by atoms with van der Waals surface area (Å²) >= 11 is 0. The van der Waals surface area contributed by atoms with Crippen molar-refractivity contribution in [3.63, 3.8) is 0 Å². The number of carbonyl (C=O) groups excluding carboxylic acids is 1. The molecule has 12 heteroatoms. The molecule has 0 saturated heterocycles. The second-order valence-electron chi connectivity index (χ2n) is 9.57. The summed E-state index contributed by atoms with van der Waals surface area (Å²) in [4.78, 5) is 25.2. The maximum atomic E-state index is 13.3. The number of aryl methyl sites for hydroxylation is 1. The summed E-state index contributed by atoms with van der Waals surface area (Å²) in [5.74, 6) is 0. The van der Waals surface area contributed by atoms with Gasteiger partial charge in [0.15, 0.2) is 5.65 Å². The summed E-state index contributed by atoms with van der Waals surface area (Å²) < 4.78 is 10.8. The summed E-state index contributed by atoms with van der Waals surface area (Å²) in [6, 6.07) is 7.02. The van der Waals surface area contributed by atoms with Crippen molar-refractivity contribution in [1.82, 2.24) is 39.1 Å². The Labute approximate surface area is 195 Å². The molecule has 0 aliphatic heterocycles. The van der Waals surface area contributed by atoms with Gasteiger partial charge in [0.1, 0.15) is 17.8 Å². The fourth-order valence-electron chi connectivity index (χ4n) is 4.05. The quantitative estimate of drug-likeness (QED) is 0.191. The SMILES string of the molecule is Cn1c2nn(C=O)nc2c2cnn(Cc3cccc4c3cnn4COCC[Si](C)(C)C)c(=O)c21. The maximum Gasteiger partial charge on any atom is 0.291 e. The number of carbonyl (C=O) groups is 1. The summed E-state index contributed by atoms with van der Waals surface area (Å²) in [5.41, 5.74) is 3.00. The predicted octanol–water partition coefficient (Wildman–Crippen LogP) is 2.23. The largest absolute Gasteiger partial charge is 0.360 e. The van der Waals surface area contributed by atoms with Crippen molar-refractivity contribution >= 4 is 47.5 Å². The van der Waals surface area contributed by atoms with Gasteiger partial charge in [-0.15, -0.1) is 15.0 Å². The second kappa shape index (κ2) is 8.29. The molecule has 0 unspecified atom stereocenters. The first-order valence-corrected chi connectivity index (χ1v) is 14.7. The lowest BCUT2D eigenvalue weighted by atomic mass is 10.1. The van der Waals surface area contributed by atoms with Crippen LogP contribution in [0.25, 0.3) is 33.0 Å². The van der Waals surface area contributed by atoms with Crippen LogP contribution in [0, 0.1) is 0 Å². The highest BCUT2D eigenvalue weighted by Gasteiger charge is 2.19. The topological polar surface area (TPSA) is 115 Å². The zero-order chi connectivity index (χ0) is 24.0. The number of aromatic nitrogens is 8. The van der Waals surface area contributed by atoms with E-state index in [2.05, 4.69) is 40.0 Å². The van der Waals surface area contributed by atoms with Crippen LogP contribution in [0.5, 0.6) is 0 Å². The Morgan fingerprint density at radius 3 is 2.59 bits per heavy atom. The van der Waals surface area contributed by atoms with Crippen molar-refractivity contribution < 1.29 is 9.53 Å². The van der Waals surface area contributed by atoms with Gasteiger partial charge in [-0.1, -0.05) is 31.8 Å². The van der Waals surface area contributed by atoms with Gasteiger partial charge in [-0.25, -0.2) is 9.36 Å². The van der Waals surface area contributed by atoms with E-state index in [4.69, 9.17) is 4.74 Å². The molecule has 176 valence electrons. The van der Waals surface area contributed by atoms with Crippen molar-refractivity contribution in [2.45, 2.75) is 39.0 Å². The molecule has 11 nitrogen and oxygen atoms in total. The highest BCUT2D eigenvalue weighted by molar-refractivity contribution is 6.76. The zero-order valence-corrected chi connectivity index (χ0v) is 20.6. The molecule has 5 aromatic rings. The summed E-state index contributed by atoms with van der Waals surface area (Å²) in [6.45, 7) is 8.38. The van der Waals surface area contributed by atoms with Gasteiger partial charge >= 0.3 is 0 Å². The van der Waals surface area contributed by atoms with E-state index in [0.717, 1.165) is 33.9 Å². The number of benzene rings is 1. The minimum absolute atomic E-state index is 0.253. The fraction of sp³-hybridized carbons (Fsp3) is 0.364. The van der Waals surface area contributed by atoms with Gasteiger partial charge in [-0.05, 0) is 17.7 Å². The lowest BCUT2D eigenvalue weighted by Gasteiger charge is -2.15. The van der Waals surface area contributed by atoms with Crippen molar-refractivity contribution in [1.29, 1.82) is 0 Å². The second-order valence-corrected chi connectivity index (χ2v) is 15.2. The van der Waals surface area contributed by atoms with E-state index in [1.165, 1.54) is 4.68 Å². The first kappa shape index (κ1) is 22.2. The van der Waals surface area contributed by atoms with Gasteiger partial charge in [0.25, 0.3) is 12.0 Å². The molecule has 4 aromatic heterocycles. The van der Waals surface area contributed by atoms with Gasteiger partial charge in [0.2, 0.25) is 0 Å². The molecule has 0 aliphatic rings. The van der Waals surface area contributed by atoms with Crippen LogP contribution in [0.3, 0.4) is 0 Å². The lowest BCUT2D eigenvalue weighted by Crippen LogP contribution is -2.24. The molecular weight excluding hydrogens is 452 g/mol. The van der Waals surface area contributed by atoms with Crippen molar-refractivity contribution in [3.8, 4) is 0 Å². The lowest BCUT2D eigenvalue weighted by molar-refractivity contribution is 0.0817. The zero-order valence-electron chi connectivity index (χ0n) is 19.6. The minimum atomic E-state index is -1.15. The van der Waals surface area contributed by atoms with E-state index < -0.39 is 8.07 Å². The predicted molar refractivity (Wildman–Crippen MR) is 131 cm³/mol. The molecule has 34 heavy (non-hydrogen) atoms. The Hall–Kier alpha value is -3.64. The smallest absolute Gasteiger partial charge is 0.291 e. The third kappa shape index (κ3) is 3.84. The van der Waals surface area contributed by atoms with Crippen LogP contribution in [0.2, 0.25) is 25.7 Å². The maximum absolute atomic E-state index is 13.3. The summed E-state index contributed by atoms with van der Waals surface area (Å²) in [5, 5.41) is 18.6. The third-order valence-corrected chi connectivity index (χ3v) is 7.64. The highest BCUT2D eigenvalue weighted by atomic mass is 28.3. The van der Waals surface area contributed by atoms with E-state index in [-0.39, 0.29) is 5.56 Å². The molecule has 0 saturated carbocycles. The number of rotatable bonds is 8. The molecule has 0 bridgehead atoms. The average Bonchev–Trinajstić information content (AvgIpc) is 3.47. The van der Waals surface area contributed by atoms with Crippen molar-refractivity contribution in [3.05, 3.63) is 46.5 Å². The number of fused-ring (bicyclic) bond motifs is 4. The van der Waals surface area contributed by atoms with Crippen LogP contribution >= 0.6 is 0 Å². The molecule has 4 heterocycles. The summed E-state index contributed by atoms with van der Waals surface area (Å²) in [7, 11) is 0.583. The number of hydrogen-bond acceptors (Lipinski definition) is 7.